The lowest BCUT2D eigenvalue weighted by Crippen LogP contribution is -2.52. The smallest absolute Gasteiger partial charge is 0.315 e. The molecule has 0 aromatic heterocycles. The quantitative estimate of drug-likeness (QED) is 0.487. The summed E-state index contributed by atoms with van der Waals surface area (Å²) in [5, 5.41) is 17.5. The van der Waals surface area contributed by atoms with E-state index in [4.69, 9.17) is 9.84 Å². The number of ether oxygens (including phenoxy) is 1. The van der Waals surface area contributed by atoms with Gasteiger partial charge in [-0.15, -0.1) is 0 Å². The fraction of sp³-hybridized carbons (Fsp3) is 0.619. The maximum atomic E-state index is 12.3. The van der Waals surface area contributed by atoms with Crippen LogP contribution in [0.2, 0.25) is 0 Å². The average Bonchev–Trinajstić information content (AvgIpc) is 2.72. The van der Waals surface area contributed by atoms with Gasteiger partial charge in [0.1, 0.15) is 0 Å². The van der Waals surface area contributed by atoms with Crippen LogP contribution in [0.3, 0.4) is 0 Å². The Morgan fingerprint density at radius 3 is 2.64 bits per heavy atom. The number of aliphatic hydroxyl groups is 1. The van der Waals surface area contributed by atoms with E-state index < -0.39 is 0 Å². The molecule has 156 valence electrons. The molecule has 7 nitrogen and oxygen atoms in total. The van der Waals surface area contributed by atoms with E-state index in [-0.39, 0.29) is 43.2 Å². The number of amides is 3. The Bertz CT molecular complexity index is 597. The van der Waals surface area contributed by atoms with Crippen LogP contribution < -0.4 is 16.0 Å². The summed E-state index contributed by atoms with van der Waals surface area (Å²) >= 11 is 0. The predicted octanol–water partition coefficient (Wildman–Crippen LogP) is 1.60. The van der Waals surface area contributed by atoms with Crippen molar-refractivity contribution in [3.8, 4) is 0 Å². The Kier molecular flexibility index (Phi) is 9.79. The summed E-state index contributed by atoms with van der Waals surface area (Å²) in [6, 6.07) is 9.72. The molecule has 0 heterocycles. The summed E-state index contributed by atoms with van der Waals surface area (Å²) in [6.45, 7) is 3.40. The molecule has 0 unspecified atom stereocenters. The Labute approximate surface area is 167 Å². The maximum Gasteiger partial charge on any atom is 0.315 e. The van der Waals surface area contributed by atoms with Gasteiger partial charge in [0.15, 0.2) is 0 Å². The molecule has 0 spiro atoms. The van der Waals surface area contributed by atoms with Gasteiger partial charge in [-0.3, -0.25) is 4.79 Å². The van der Waals surface area contributed by atoms with Crippen LogP contribution in [0.5, 0.6) is 0 Å². The Morgan fingerprint density at radius 1 is 1.14 bits per heavy atom. The summed E-state index contributed by atoms with van der Waals surface area (Å²) in [6.07, 6.45) is 3.44. The molecule has 4 N–H and O–H groups in total. The van der Waals surface area contributed by atoms with E-state index in [9.17, 15) is 9.59 Å². The lowest BCUT2D eigenvalue weighted by atomic mass is 9.83. The molecule has 0 aliphatic heterocycles. The highest BCUT2D eigenvalue weighted by Crippen LogP contribution is 2.27. The SMILES string of the molecule is CCCO[C@@H]1C[C@@H](C(=O)NCCO)CC[C@H]1NC(=O)NCCc1ccccc1. The van der Waals surface area contributed by atoms with Gasteiger partial charge in [-0.2, -0.15) is 0 Å². The third kappa shape index (κ3) is 7.48. The minimum Gasteiger partial charge on any atom is -0.395 e. The molecule has 1 aromatic carbocycles. The Balaban J connectivity index is 1.80. The van der Waals surface area contributed by atoms with Gasteiger partial charge >= 0.3 is 6.03 Å². The van der Waals surface area contributed by atoms with Gasteiger partial charge in [-0.1, -0.05) is 37.3 Å². The van der Waals surface area contributed by atoms with E-state index in [2.05, 4.69) is 16.0 Å². The van der Waals surface area contributed by atoms with Crippen LogP contribution in [-0.4, -0.2) is 55.5 Å². The first-order chi connectivity index (χ1) is 13.6. The number of hydrogen-bond acceptors (Lipinski definition) is 4. The van der Waals surface area contributed by atoms with Gasteiger partial charge in [0, 0.05) is 25.6 Å². The molecule has 2 rings (SSSR count). The molecule has 1 aliphatic rings. The molecule has 0 saturated heterocycles. The van der Waals surface area contributed by atoms with Crippen molar-refractivity contribution in [1.82, 2.24) is 16.0 Å². The molecule has 7 heteroatoms. The van der Waals surface area contributed by atoms with Crippen LogP contribution in [0, 0.1) is 5.92 Å². The number of rotatable bonds is 10. The second-order valence-electron chi connectivity index (χ2n) is 7.18. The standard InChI is InChI=1S/C21H33N3O4/c1-2-14-28-19-15-17(20(26)22-12-13-25)8-9-18(19)24-21(27)23-11-10-16-6-4-3-5-7-16/h3-7,17-19,25H,2,8-15H2,1H3,(H,22,26)(H2,23,24,27)/t17-,18+,19+/m0/s1. The van der Waals surface area contributed by atoms with Crippen molar-refractivity contribution in [3.63, 3.8) is 0 Å². The number of urea groups is 1. The minimum absolute atomic E-state index is 0.0510. The van der Waals surface area contributed by atoms with Gasteiger partial charge in [-0.05, 0) is 37.7 Å². The average molecular weight is 392 g/mol. The van der Waals surface area contributed by atoms with Gasteiger partial charge in [0.2, 0.25) is 5.91 Å². The van der Waals surface area contributed by atoms with Crippen molar-refractivity contribution < 1.29 is 19.4 Å². The van der Waals surface area contributed by atoms with Gasteiger partial charge < -0.3 is 25.8 Å². The lowest BCUT2D eigenvalue weighted by molar-refractivity contribution is -0.128. The number of aliphatic hydroxyl groups excluding tert-OH is 1. The number of nitrogens with one attached hydrogen (secondary N) is 3. The maximum absolute atomic E-state index is 12.3. The molecule has 0 radical (unpaired) electrons. The van der Waals surface area contributed by atoms with Crippen molar-refractivity contribution in [2.24, 2.45) is 5.92 Å². The summed E-state index contributed by atoms with van der Waals surface area (Å²) in [7, 11) is 0. The normalized spacial score (nSPS) is 21.7. The van der Waals surface area contributed by atoms with Crippen LogP contribution in [0.25, 0.3) is 0 Å². The van der Waals surface area contributed by atoms with Crippen LogP contribution in [-0.2, 0) is 16.0 Å². The monoisotopic (exact) mass is 391 g/mol. The summed E-state index contributed by atoms with van der Waals surface area (Å²) < 4.78 is 5.93. The molecule has 1 saturated carbocycles. The number of hydrogen-bond donors (Lipinski definition) is 4. The first kappa shape index (κ1) is 22.2. The van der Waals surface area contributed by atoms with Crippen LogP contribution in [0.15, 0.2) is 30.3 Å². The van der Waals surface area contributed by atoms with E-state index in [1.54, 1.807) is 0 Å². The third-order valence-electron chi connectivity index (χ3n) is 4.97. The fourth-order valence-electron chi connectivity index (χ4n) is 3.49. The number of carbonyl (C=O) groups is 2. The largest absolute Gasteiger partial charge is 0.395 e. The van der Waals surface area contributed by atoms with Crippen LogP contribution >= 0.6 is 0 Å². The number of carbonyl (C=O) groups excluding carboxylic acids is 2. The van der Waals surface area contributed by atoms with E-state index in [0.717, 1.165) is 12.8 Å². The molecule has 3 atom stereocenters. The lowest BCUT2D eigenvalue weighted by Gasteiger charge is -2.35. The van der Waals surface area contributed by atoms with Gasteiger partial charge in [0.25, 0.3) is 0 Å². The first-order valence-electron chi connectivity index (χ1n) is 10.2. The van der Waals surface area contributed by atoms with Crippen LogP contribution in [0.4, 0.5) is 4.79 Å². The highest BCUT2D eigenvalue weighted by Gasteiger charge is 2.35. The predicted molar refractivity (Wildman–Crippen MR) is 108 cm³/mol. The second kappa shape index (κ2) is 12.4. The van der Waals surface area contributed by atoms with Gasteiger partial charge in [0.05, 0.1) is 18.8 Å². The molecular weight excluding hydrogens is 358 g/mol. The zero-order valence-electron chi connectivity index (χ0n) is 16.7. The van der Waals surface area contributed by atoms with Crippen LogP contribution in [0.1, 0.15) is 38.2 Å². The molecular formula is C21H33N3O4. The second-order valence-corrected chi connectivity index (χ2v) is 7.18. The fourth-order valence-corrected chi connectivity index (χ4v) is 3.49. The highest BCUT2D eigenvalue weighted by atomic mass is 16.5. The minimum atomic E-state index is -0.200. The summed E-state index contributed by atoms with van der Waals surface area (Å²) in [4.78, 5) is 24.5. The van der Waals surface area contributed by atoms with Gasteiger partial charge in [-0.25, -0.2) is 4.79 Å². The highest BCUT2D eigenvalue weighted by molar-refractivity contribution is 5.79. The third-order valence-corrected chi connectivity index (χ3v) is 4.97. The van der Waals surface area contributed by atoms with E-state index in [0.29, 0.717) is 32.4 Å². The molecule has 3 amide bonds. The Morgan fingerprint density at radius 2 is 1.93 bits per heavy atom. The summed E-state index contributed by atoms with van der Waals surface area (Å²) in [5.74, 6) is -0.197. The van der Waals surface area contributed by atoms with Crippen molar-refractivity contribution >= 4 is 11.9 Å². The number of benzene rings is 1. The van der Waals surface area contributed by atoms with E-state index in [1.807, 2.05) is 37.3 Å². The molecule has 28 heavy (non-hydrogen) atoms. The summed E-state index contributed by atoms with van der Waals surface area (Å²) in [5.41, 5.74) is 1.18. The molecule has 1 fully saturated rings. The van der Waals surface area contributed by atoms with E-state index >= 15 is 0 Å². The van der Waals surface area contributed by atoms with Crippen molar-refractivity contribution in [1.29, 1.82) is 0 Å². The van der Waals surface area contributed by atoms with Crippen molar-refractivity contribution in [3.05, 3.63) is 35.9 Å². The van der Waals surface area contributed by atoms with Crippen molar-refractivity contribution in [2.75, 3.05) is 26.3 Å². The molecule has 1 aliphatic carbocycles. The zero-order chi connectivity index (χ0) is 20.2. The Hall–Kier alpha value is -2.12. The van der Waals surface area contributed by atoms with E-state index in [1.165, 1.54) is 5.56 Å². The zero-order valence-corrected chi connectivity index (χ0v) is 16.7. The first-order valence-corrected chi connectivity index (χ1v) is 10.2. The molecule has 1 aromatic rings. The van der Waals surface area contributed by atoms with Crippen molar-refractivity contribution in [2.45, 2.75) is 51.2 Å². The topological polar surface area (TPSA) is 99.7 Å². The molecule has 0 bridgehead atoms.